The van der Waals surface area contributed by atoms with Gasteiger partial charge in [0.25, 0.3) is 0 Å². The minimum atomic E-state index is -1.35. The summed E-state index contributed by atoms with van der Waals surface area (Å²) in [5.74, 6) is -1.23. The highest BCUT2D eigenvalue weighted by Crippen LogP contribution is 2.17. The monoisotopic (exact) mass is 310 g/mol. The zero-order valence-electron chi connectivity index (χ0n) is 11.5. The van der Waals surface area contributed by atoms with Crippen molar-refractivity contribution in [1.82, 2.24) is 4.90 Å². The number of aliphatic carboxylic acids is 1. The zero-order valence-corrected chi connectivity index (χ0v) is 11.5. The van der Waals surface area contributed by atoms with Crippen LogP contribution in [-0.4, -0.2) is 93.2 Å². The molecular weight excluding hydrogens is 288 g/mol. The molecule has 11 heteroatoms. The Bertz CT molecular complexity index is 352. The molecule has 21 heavy (non-hydrogen) atoms. The van der Waals surface area contributed by atoms with Gasteiger partial charge in [0, 0.05) is 7.05 Å². The number of nitrogens with zero attached hydrogens (tertiary/aromatic N) is 1. The number of ether oxygens (including phenoxy) is 1. The molecule has 0 saturated carbocycles. The van der Waals surface area contributed by atoms with Crippen molar-refractivity contribution in [3.05, 3.63) is 0 Å². The molecule has 10 N–H and O–H groups in total. The second-order valence-corrected chi connectivity index (χ2v) is 4.44. The number of hydrogen-bond donors (Lipinski definition) is 8. The van der Waals surface area contributed by atoms with Gasteiger partial charge in [-0.2, -0.15) is 0 Å². The summed E-state index contributed by atoms with van der Waals surface area (Å²) >= 11 is 0. The fourth-order valence-corrected chi connectivity index (χ4v) is 1.41. The number of carboxylic acids is 1. The summed E-state index contributed by atoms with van der Waals surface area (Å²) < 4.78 is 4.70. The van der Waals surface area contributed by atoms with Gasteiger partial charge in [-0.15, -0.1) is 0 Å². The lowest BCUT2D eigenvalue weighted by Gasteiger charge is -2.38. The van der Waals surface area contributed by atoms with Gasteiger partial charge in [0.15, 0.2) is 12.2 Å². The number of likely N-dealkylation sites (N-methyl/N-ethyl adjacent to an activating group) is 1. The maximum Gasteiger partial charge on any atom is 0.323 e. The van der Waals surface area contributed by atoms with Gasteiger partial charge in [-0.3, -0.25) is 10.2 Å². The average molecular weight is 310 g/mol. The first-order valence-electron chi connectivity index (χ1n) is 5.94. The Morgan fingerprint density at radius 2 is 1.86 bits per heavy atom. The van der Waals surface area contributed by atoms with E-state index in [-0.39, 0.29) is 12.5 Å². The van der Waals surface area contributed by atoms with Gasteiger partial charge in [-0.1, -0.05) is 0 Å². The van der Waals surface area contributed by atoms with Crippen LogP contribution in [0.2, 0.25) is 0 Å². The Kier molecular flexibility index (Phi) is 8.09. The molecule has 0 bridgehead atoms. The van der Waals surface area contributed by atoms with Crippen LogP contribution in [0.1, 0.15) is 0 Å². The van der Waals surface area contributed by atoms with E-state index in [9.17, 15) is 15.0 Å². The Balaban J connectivity index is 0.000000400. The highest BCUT2D eigenvalue weighted by atomic mass is 16.6. The molecule has 0 aromatic heterocycles. The van der Waals surface area contributed by atoms with Crippen LogP contribution in [0.5, 0.6) is 0 Å². The summed E-state index contributed by atoms with van der Waals surface area (Å²) in [6.45, 7) is -0.697. The highest BCUT2D eigenvalue weighted by molar-refractivity contribution is 5.79. The van der Waals surface area contributed by atoms with Crippen LogP contribution in [0, 0.1) is 5.41 Å². The molecule has 0 aliphatic carbocycles. The van der Waals surface area contributed by atoms with Gasteiger partial charge in [-0.05, 0) is 0 Å². The van der Waals surface area contributed by atoms with Crippen molar-refractivity contribution in [3.63, 3.8) is 0 Å². The molecule has 11 nitrogen and oxygen atoms in total. The molecule has 1 aliphatic heterocycles. The number of aliphatic hydroxyl groups is 4. The molecule has 124 valence electrons. The van der Waals surface area contributed by atoms with E-state index in [1.165, 1.54) is 7.05 Å². The van der Waals surface area contributed by atoms with Gasteiger partial charge >= 0.3 is 5.97 Å². The first kappa shape index (κ1) is 19.5. The Morgan fingerprint density at radius 1 is 1.33 bits per heavy atom. The van der Waals surface area contributed by atoms with Gasteiger partial charge in [0.2, 0.25) is 0 Å². The van der Waals surface area contributed by atoms with Crippen LogP contribution in [0.4, 0.5) is 0 Å². The SMILES string of the molecule is CN(CC(=O)O)C(=N)N.N[C@H]1C(O)O[C@H](CO)[C@@H](O)[C@@H]1O. The van der Waals surface area contributed by atoms with E-state index in [1.807, 2.05) is 0 Å². The number of nitrogens with one attached hydrogen (secondary N) is 1. The number of rotatable bonds is 3. The first-order valence-corrected chi connectivity index (χ1v) is 5.94. The van der Waals surface area contributed by atoms with Crippen molar-refractivity contribution in [1.29, 1.82) is 5.41 Å². The summed E-state index contributed by atoms with van der Waals surface area (Å²) in [7, 11) is 1.44. The summed E-state index contributed by atoms with van der Waals surface area (Å²) in [5, 5.41) is 50.9. The van der Waals surface area contributed by atoms with Crippen molar-refractivity contribution in [2.24, 2.45) is 11.5 Å². The average Bonchev–Trinajstić information content (AvgIpc) is 2.40. The molecule has 1 heterocycles. The van der Waals surface area contributed by atoms with Crippen LogP contribution in [-0.2, 0) is 9.53 Å². The summed E-state index contributed by atoms with van der Waals surface area (Å²) in [6.07, 6.45) is -4.85. The molecule has 0 amide bonds. The number of nitrogens with two attached hydrogens (primary N) is 2. The second kappa shape index (κ2) is 8.71. The second-order valence-electron chi connectivity index (χ2n) is 4.44. The van der Waals surface area contributed by atoms with Crippen molar-refractivity contribution in [2.45, 2.75) is 30.6 Å². The van der Waals surface area contributed by atoms with Gasteiger partial charge in [0.05, 0.1) is 12.6 Å². The van der Waals surface area contributed by atoms with Crippen LogP contribution in [0.3, 0.4) is 0 Å². The van der Waals surface area contributed by atoms with Gasteiger partial charge < -0.3 is 46.6 Å². The van der Waals surface area contributed by atoms with Gasteiger partial charge in [-0.25, -0.2) is 0 Å². The molecule has 1 fully saturated rings. The molecule has 0 spiro atoms. The normalized spacial score (nSPS) is 31.8. The predicted molar refractivity (Wildman–Crippen MR) is 70.1 cm³/mol. The number of guanidine groups is 1. The number of hydrogen-bond acceptors (Lipinski definition) is 8. The number of carboxylic acid groups (broad SMARTS) is 1. The van der Waals surface area contributed by atoms with Crippen LogP contribution in [0.25, 0.3) is 0 Å². The predicted octanol–water partition coefficient (Wildman–Crippen LogP) is -4.36. The minimum Gasteiger partial charge on any atom is -0.480 e. The standard InChI is InChI=1S/C6H13NO5.C4H9N3O2/c7-3-5(10)4(9)2(1-8)12-6(3)11;1-7(4(5)6)2-3(8)9/h2-6,8-11H,1,7H2;2H2,1H3,(H3,5,6)(H,8,9)/t2-,3-,4-,5-,6?;/m1./s1. The Labute approximate surface area is 120 Å². The van der Waals surface area contributed by atoms with E-state index in [2.05, 4.69) is 0 Å². The molecule has 0 radical (unpaired) electrons. The van der Waals surface area contributed by atoms with E-state index in [4.69, 9.17) is 36.9 Å². The maximum absolute atomic E-state index is 9.92. The smallest absolute Gasteiger partial charge is 0.323 e. The van der Waals surface area contributed by atoms with Crippen LogP contribution < -0.4 is 11.5 Å². The highest BCUT2D eigenvalue weighted by Gasteiger charge is 2.41. The molecule has 0 aromatic rings. The van der Waals surface area contributed by atoms with E-state index in [0.717, 1.165) is 4.90 Å². The third kappa shape index (κ3) is 6.20. The number of carbonyl (C=O) groups is 1. The van der Waals surface area contributed by atoms with Crippen molar-refractivity contribution in [3.8, 4) is 0 Å². The quantitative estimate of drug-likeness (QED) is 0.185. The van der Waals surface area contributed by atoms with E-state index in [1.54, 1.807) is 0 Å². The van der Waals surface area contributed by atoms with Crippen LogP contribution >= 0.6 is 0 Å². The summed E-state index contributed by atoms with van der Waals surface area (Å²) in [5.41, 5.74) is 10.2. The van der Waals surface area contributed by atoms with E-state index < -0.39 is 43.2 Å². The summed E-state index contributed by atoms with van der Waals surface area (Å²) in [6, 6.07) is -1.04. The van der Waals surface area contributed by atoms with E-state index >= 15 is 0 Å². The Morgan fingerprint density at radius 3 is 2.19 bits per heavy atom. The molecule has 1 unspecified atom stereocenters. The molecule has 1 rings (SSSR count). The lowest BCUT2D eigenvalue weighted by Crippen LogP contribution is -2.61. The third-order valence-corrected chi connectivity index (χ3v) is 2.73. The molecule has 1 saturated heterocycles. The van der Waals surface area contributed by atoms with Crippen molar-refractivity contribution < 1.29 is 35.1 Å². The van der Waals surface area contributed by atoms with Crippen molar-refractivity contribution >= 4 is 11.9 Å². The minimum absolute atomic E-state index is 0.227. The fraction of sp³-hybridized carbons (Fsp3) is 0.800. The largest absolute Gasteiger partial charge is 0.480 e. The first-order chi connectivity index (χ1) is 9.61. The topological polar surface area (TPSA) is 207 Å². The Hall–Kier alpha value is -1.50. The lowest BCUT2D eigenvalue weighted by molar-refractivity contribution is -0.248. The molecule has 0 aromatic carbocycles. The molecule has 5 atom stereocenters. The van der Waals surface area contributed by atoms with Crippen LogP contribution in [0.15, 0.2) is 0 Å². The van der Waals surface area contributed by atoms with Gasteiger partial charge in [0.1, 0.15) is 24.9 Å². The molecular formula is C10H22N4O7. The summed E-state index contributed by atoms with van der Waals surface area (Å²) in [4.78, 5) is 11.0. The maximum atomic E-state index is 9.92. The van der Waals surface area contributed by atoms with E-state index in [0.29, 0.717) is 0 Å². The molecule has 1 aliphatic rings. The van der Waals surface area contributed by atoms with Crippen molar-refractivity contribution in [2.75, 3.05) is 20.2 Å². The number of aliphatic hydroxyl groups excluding tert-OH is 4. The lowest BCUT2D eigenvalue weighted by atomic mass is 9.98. The zero-order chi connectivity index (χ0) is 16.7. The third-order valence-electron chi connectivity index (χ3n) is 2.73. The fourth-order valence-electron chi connectivity index (χ4n) is 1.41.